The Morgan fingerprint density at radius 2 is 1.43 bits per heavy atom. The van der Waals surface area contributed by atoms with Crippen LogP contribution in [0.3, 0.4) is 0 Å². The van der Waals surface area contributed by atoms with Gasteiger partial charge in [-0.05, 0) is 35.4 Å². The van der Waals surface area contributed by atoms with E-state index >= 15 is 0 Å². The fourth-order valence-electron chi connectivity index (χ4n) is 3.82. The number of rotatable bonds is 4. The fourth-order valence-corrected chi connectivity index (χ4v) is 4.00. The molecule has 156 valence electrons. The molecule has 0 atom stereocenters. The molecular formula is C22H21ClF2N4O. The minimum absolute atomic E-state index is 0.145. The van der Waals surface area contributed by atoms with E-state index < -0.39 is 0 Å². The van der Waals surface area contributed by atoms with Crippen molar-refractivity contribution in [1.29, 1.82) is 0 Å². The number of hydrogen-bond donors (Lipinski definition) is 0. The average molecular weight is 431 g/mol. The van der Waals surface area contributed by atoms with Crippen LogP contribution in [-0.4, -0.2) is 51.7 Å². The van der Waals surface area contributed by atoms with E-state index in [0.29, 0.717) is 36.9 Å². The molecule has 1 amide bonds. The van der Waals surface area contributed by atoms with Crippen LogP contribution in [0.2, 0.25) is 5.15 Å². The van der Waals surface area contributed by atoms with Crippen molar-refractivity contribution >= 4 is 17.5 Å². The number of aromatic nitrogens is 2. The molecule has 0 N–H and O–H groups in total. The number of halogens is 3. The SMILES string of the molecule is Cn1ncc(C(=O)N2CCN(C(c3ccc(F)cc3)c3ccc(F)cc3)CC2)c1Cl. The van der Waals surface area contributed by atoms with Crippen molar-refractivity contribution in [3.63, 3.8) is 0 Å². The standard InChI is InChI=1S/C22H21ClF2N4O/c1-27-21(23)19(14-26-27)22(30)29-12-10-28(11-13-29)20(15-2-6-17(24)7-3-15)16-4-8-18(25)9-5-16/h2-9,14,20H,10-13H2,1H3. The van der Waals surface area contributed by atoms with Crippen LogP contribution < -0.4 is 0 Å². The molecule has 0 bridgehead atoms. The van der Waals surface area contributed by atoms with Gasteiger partial charge in [0.25, 0.3) is 5.91 Å². The summed E-state index contributed by atoms with van der Waals surface area (Å²) in [4.78, 5) is 16.8. The van der Waals surface area contributed by atoms with Gasteiger partial charge in [0.05, 0.1) is 17.8 Å². The van der Waals surface area contributed by atoms with Crippen molar-refractivity contribution < 1.29 is 13.6 Å². The van der Waals surface area contributed by atoms with Crippen LogP contribution in [0.4, 0.5) is 8.78 Å². The Morgan fingerprint density at radius 3 is 1.87 bits per heavy atom. The molecule has 1 fully saturated rings. The number of nitrogens with zero attached hydrogens (tertiary/aromatic N) is 4. The van der Waals surface area contributed by atoms with Gasteiger partial charge in [-0.3, -0.25) is 14.4 Å². The maximum Gasteiger partial charge on any atom is 0.258 e. The lowest BCUT2D eigenvalue weighted by Crippen LogP contribution is -2.49. The normalized spacial score (nSPS) is 15.0. The molecular weight excluding hydrogens is 410 g/mol. The fraction of sp³-hybridized carbons (Fsp3) is 0.273. The topological polar surface area (TPSA) is 41.4 Å². The van der Waals surface area contributed by atoms with E-state index in [1.165, 1.54) is 35.1 Å². The summed E-state index contributed by atoms with van der Waals surface area (Å²) >= 11 is 6.17. The third-order valence-electron chi connectivity index (χ3n) is 5.43. The quantitative estimate of drug-likeness (QED) is 0.630. The molecule has 0 aliphatic carbocycles. The molecule has 0 spiro atoms. The second kappa shape index (κ2) is 8.53. The number of piperazine rings is 1. The van der Waals surface area contributed by atoms with E-state index in [1.807, 2.05) is 0 Å². The van der Waals surface area contributed by atoms with Crippen LogP contribution in [0.1, 0.15) is 27.5 Å². The molecule has 8 heteroatoms. The highest BCUT2D eigenvalue weighted by atomic mass is 35.5. The van der Waals surface area contributed by atoms with E-state index in [0.717, 1.165) is 11.1 Å². The van der Waals surface area contributed by atoms with Crippen LogP contribution in [-0.2, 0) is 7.05 Å². The lowest BCUT2D eigenvalue weighted by Gasteiger charge is -2.39. The van der Waals surface area contributed by atoms with Gasteiger partial charge in [0, 0.05) is 33.2 Å². The smallest absolute Gasteiger partial charge is 0.258 e. The summed E-state index contributed by atoms with van der Waals surface area (Å²) in [7, 11) is 1.69. The maximum atomic E-state index is 13.5. The lowest BCUT2D eigenvalue weighted by atomic mass is 9.96. The number of aryl methyl sites for hydroxylation is 1. The van der Waals surface area contributed by atoms with Crippen LogP contribution in [0.15, 0.2) is 54.7 Å². The summed E-state index contributed by atoms with van der Waals surface area (Å²) in [5.74, 6) is -0.756. The Balaban J connectivity index is 1.54. The van der Waals surface area contributed by atoms with Crippen molar-refractivity contribution in [1.82, 2.24) is 19.6 Å². The Bertz CT molecular complexity index is 983. The number of hydrogen-bond acceptors (Lipinski definition) is 3. The number of amides is 1. The molecule has 3 aromatic rings. The van der Waals surface area contributed by atoms with Crippen LogP contribution in [0, 0.1) is 11.6 Å². The first-order chi connectivity index (χ1) is 14.4. The van der Waals surface area contributed by atoms with Gasteiger partial charge in [0.1, 0.15) is 16.8 Å². The molecule has 2 aromatic carbocycles. The zero-order valence-corrected chi connectivity index (χ0v) is 17.2. The summed E-state index contributed by atoms with van der Waals surface area (Å²) in [5, 5.41) is 4.35. The summed E-state index contributed by atoms with van der Waals surface area (Å²) in [5.41, 5.74) is 2.22. The van der Waals surface area contributed by atoms with Crippen molar-refractivity contribution in [3.8, 4) is 0 Å². The predicted molar refractivity (Wildman–Crippen MR) is 110 cm³/mol. The number of carbonyl (C=O) groups is 1. The van der Waals surface area contributed by atoms with E-state index in [4.69, 9.17) is 11.6 Å². The molecule has 5 nitrogen and oxygen atoms in total. The highest BCUT2D eigenvalue weighted by molar-refractivity contribution is 6.32. The molecule has 1 aliphatic heterocycles. The van der Waals surface area contributed by atoms with Crippen molar-refractivity contribution in [2.24, 2.45) is 7.05 Å². The maximum absolute atomic E-state index is 13.5. The average Bonchev–Trinajstić information content (AvgIpc) is 3.09. The second-order valence-electron chi connectivity index (χ2n) is 7.31. The summed E-state index contributed by atoms with van der Waals surface area (Å²) < 4.78 is 28.4. The first-order valence-electron chi connectivity index (χ1n) is 9.66. The first-order valence-corrected chi connectivity index (χ1v) is 10.0. The minimum Gasteiger partial charge on any atom is -0.336 e. The largest absolute Gasteiger partial charge is 0.336 e. The Hall–Kier alpha value is -2.77. The first kappa shape index (κ1) is 20.5. The van der Waals surface area contributed by atoms with Crippen LogP contribution >= 0.6 is 11.6 Å². The van der Waals surface area contributed by atoms with E-state index in [2.05, 4.69) is 10.00 Å². The third kappa shape index (κ3) is 4.08. The molecule has 1 aromatic heterocycles. The number of benzene rings is 2. The molecule has 1 saturated heterocycles. The van der Waals surface area contributed by atoms with Crippen LogP contribution in [0.25, 0.3) is 0 Å². The zero-order chi connectivity index (χ0) is 21.3. The minimum atomic E-state index is -0.305. The second-order valence-corrected chi connectivity index (χ2v) is 7.66. The van der Waals surface area contributed by atoms with Gasteiger partial charge in [-0.1, -0.05) is 35.9 Å². The summed E-state index contributed by atoms with van der Waals surface area (Å²) in [6, 6.07) is 12.5. The highest BCUT2D eigenvalue weighted by Crippen LogP contribution is 2.30. The van der Waals surface area contributed by atoms with Gasteiger partial charge in [-0.25, -0.2) is 8.78 Å². The molecule has 1 aliphatic rings. The summed E-state index contributed by atoms with van der Waals surface area (Å²) in [6.45, 7) is 2.26. The van der Waals surface area contributed by atoms with Gasteiger partial charge in [0.2, 0.25) is 0 Å². The van der Waals surface area contributed by atoms with Crippen LogP contribution in [0.5, 0.6) is 0 Å². The third-order valence-corrected chi connectivity index (χ3v) is 5.88. The van der Waals surface area contributed by atoms with Gasteiger partial charge in [-0.15, -0.1) is 0 Å². The van der Waals surface area contributed by atoms with E-state index in [1.54, 1.807) is 36.2 Å². The molecule has 0 radical (unpaired) electrons. The molecule has 0 unspecified atom stereocenters. The Labute approximate surface area is 178 Å². The molecule has 30 heavy (non-hydrogen) atoms. The summed E-state index contributed by atoms with van der Waals surface area (Å²) in [6.07, 6.45) is 1.48. The van der Waals surface area contributed by atoms with Crippen molar-refractivity contribution in [2.75, 3.05) is 26.2 Å². The lowest BCUT2D eigenvalue weighted by molar-refractivity contribution is 0.0597. The predicted octanol–water partition coefficient (Wildman–Crippen LogP) is 3.90. The van der Waals surface area contributed by atoms with Gasteiger partial charge < -0.3 is 4.90 Å². The molecule has 0 saturated carbocycles. The molecule has 2 heterocycles. The van der Waals surface area contributed by atoms with E-state index in [-0.39, 0.29) is 23.6 Å². The molecule has 4 rings (SSSR count). The highest BCUT2D eigenvalue weighted by Gasteiger charge is 2.30. The van der Waals surface area contributed by atoms with Crippen molar-refractivity contribution in [2.45, 2.75) is 6.04 Å². The number of carbonyl (C=O) groups excluding carboxylic acids is 1. The van der Waals surface area contributed by atoms with Gasteiger partial charge >= 0.3 is 0 Å². The van der Waals surface area contributed by atoms with E-state index in [9.17, 15) is 13.6 Å². The van der Waals surface area contributed by atoms with Crippen molar-refractivity contribution in [3.05, 3.63) is 88.2 Å². The monoisotopic (exact) mass is 430 g/mol. The Kier molecular flexibility index (Phi) is 5.83. The Morgan fingerprint density at radius 1 is 0.933 bits per heavy atom. The van der Waals surface area contributed by atoms with Gasteiger partial charge in [-0.2, -0.15) is 5.10 Å². The van der Waals surface area contributed by atoms with Gasteiger partial charge in [0.15, 0.2) is 0 Å². The zero-order valence-electron chi connectivity index (χ0n) is 16.4.